The van der Waals surface area contributed by atoms with Crippen molar-refractivity contribution in [3.63, 3.8) is 0 Å². The van der Waals surface area contributed by atoms with Crippen LogP contribution in [0.5, 0.6) is 11.5 Å². The molecular weight excluding hydrogens is 569 g/mol. The Labute approximate surface area is 196 Å². The Morgan fingerprint density at radius 1 is 1.21 bits per heavy atom. The summed E-state index contributed by atoms with van der Waals surface area (Å²) in [5.74, 6) is 0.877. The molecular formula is C21H19BrINO4S. The Morgan fingerprint density at radius 2 is 1.93 bits per heavy atom. The van der Waals surface area contributed by atoms with E-state index in [-0.39, 0.29) is 11.1 Å². The second kappa shape index (κ2) is 9.99. The fraction of sp³-hybridized carbons (Fsp3) is 0.238. The van der Waals surface area contributed by atoms with Gasteiger partial charge in [-0.2, -0.15) is 0 Å². The molecule has 2 aromatic rings. The van der Waals surface area contributed by atoms with Gasteiger partial charge in [0.25, 0.3) is 11.1 Å². The molecule has 3 rings (SSSR count). The van der Waals surface area contributed by atoms with Crippen molar-refractivity contribution >= 4 is 67.5 Å². The zero-order chi connectivity index (χ0) is 21.0. The van der Waals surface area contributed by atoms with Crippen LogP contribution in [0.1, 0.15) is 24.5 Å². The summed E-state index contributed by atoms with van der Waals surface area (Å²) >= 11 is 6.75. The predicted molar refractivity (Wildman–Crippen MR) is 127 cm³/mol. The van der Waals surface area contributed by atoms with Gasteiger partial charge in [0.15, 0.2) is 11.5 Å². The molecule has 29 heavy (non-hydrogen) atoms. The number of carbonyl (C=O) groups excluding carboxylic acids is 2. The van der Waals surface area contributed by atoms with E-state index in [9.17, 15) is 9.59 Å². The summed E-state index contributed by atoms with van der Waals surface area (Å²) in [4.78, 5) is 26.2. The van der Waals surface area contributed by atoms with E-state index < -0.39 is 0 Å². The third-order valence-corrected chi connectivity index (χ3v) is 6.38. The van der Waals surface area contributed by atoms with Crippen LogP contribution in [-0.2, 0) is 11.4 Å². The number of hydrogen-bond donors (Lipinski definition) is 0. The number of imide groups is 1. The Bertz CT molecular complexity index is 962. The van der Waals surface area contributed by atoms with Gasteiger partial charge in [0.05, 0.1) is 16.5 Å². The molecule has 8 heteroatoms. The van der Waals surface area contributed by atoms with Crippen molar-refractivity contribution in [3.8, 4) is 11.5 Å². The van der Waals surface area contributed by atoms with Gasteiger partial charge in [-0.15, -0.1) is 0 Å². The van der Waals surface area contributed by atoms with Crippen LogP contribution in [0.15, 0.2) is 45.8 Å². The lowest BCUT2D eigenvalue weighted by atomic mass is 10.1. The van der Waals surface area contributed by atoms with E-state index >= 15 is 0 Å². The second-order valence-electron chi connectivity index (χ2n) is 6.28. The molecule has 0 atom stereocenters. The van der Waals surface area contributed by atoms with E-state index in [1.54, 1.807) is 19.3 Å². The van der Waals surface area contributed by atoms with Gasteiger partial charge in [-0.05, 0) is 98.2 Å². The topological polar surface area (TPSA) is 55.8 Å². The minimum Gasteiger partial charge on any atom is -0.493 e. The van der Waals surface area contributed by atoms with Gasteiger partial charge in [-0.1, -0.05) is 19.1 Å². The molecule has 0 radical (unpaired) electrons. The first kappa shape index (κ1) is 22.2. The smallest absolute Gasteiger partial charge is 0.293 e. The zero-order valence-electron chi connectivity index (χ0n) is 15.9. The van der Waals surface area contributed by atoms with Crippen molar-refractivity contribution in [3.05, 3.63) is 60.5 Å². The lowest BCUT2D eigenvalue weighted by Crippen LogP contribution is -2.28. The number of carbonyl (C=O) groups is 2. The Kier molecular flexibility index (Phi) is 7.64. The quantitative estimate of drug-likeness (QED) is 0.290. The molecule has 0 N–H and O–H groups in total. The minimum atomic E-state index is -0.254. The molecule has 1 aliphatic rings. The first-order valence-electron chi connectivity index (χ1n) is 8.93. The highest BCUT2D eigenvalue weighted by Gasteiger charge is 2.34. The van der Waals surface area contributed by atoms with Crippen LogP contribution >= 0.6 is 50.3 Å². The normalized spacial score (nSPS) is 15.3. The Morgan fingerprint density at radius 3 is 2.59 bits per heavy atom. The lowest BCUT2D eigenvalue weighted by Gasteiger charge is -2.14. The highest BCUT2D eigenvalue weighted by atomic mass is 127. The Balaban J connectivity index is 1.82. The van der Waals surface area contributed by atoms with Crippen molar-refractivity contribution < 1.29 is 19.1 Å². The summed E-state index contributed by atoms with van der Waals surface area (Å²) < 4.78 is 13.3. The van der Waals surface area contributed by atoms with Gasteiger partial charge < -0.3 is 9.47 Å². The fourth-order valence-electron chi connectivity index (χ4n) is 2.77. The molecule has 5 nitrogen and oxygen atoms in total. The van der Waals surface area contributed by atoms with E-state index in [4.69, 9.17) is 9.47 Å². The lowest BCUT2D eigenvalue weighted by molar-refractivity contribution is -0.122. The summed E-state index contributed by atoms with van der Waals surface area (Å²) in [6.45, 7) is 2.77. The molecule has 0 aromatic heterocycles. The maximum absolute atomic E-state index is 12.4. The number of nitrogens with zero attached hydrogens (tertiary/aromatic N) is 1. The number of rotatable bonds is 7. The van der Waals surface area contributed by atoms with Gasteiger partial charge in [-0.25, -0.2) is 0 Å². The molecule has 152 valence electrons. The highest BCUT2D eigenvalue weighted by Crippen LogP contribution is 2.39. The predicted octanol–water partition coefficient (Wildman–Crippen LogP) is 6.09. The number of halogens is 2. The van der Waals surface area contributed by atoms with Crippen molar-refractivity contribution in [2.24, 2.45) is 0 Å². The van der Waals surface area contributed by atoms with Crippen molar-refractivity contribution in [1.82, 2.24) is 4.90 Å². The summed E-state index contributed by atoms with van der Waals surface area (Å²) in [6, 6.07) is 11.7. The largest absolute Gasteiger partial charge is 0.493 e. The van der Waals surface area contributed by atoms with Gasteiger partial charge in [0.2, 0.25) is 0 Å². The van der Waals surface area contributed by atoms with Crippen LogP contribution in [0.3, 0.4) is 0 Å². The standard InChI is InChI=1S/C21H19BrINO4S/c1-3-8-24-20(25)18(29-21(24)26)11-14-9-16(22)19(17(10-14)27-2)28-12-13-4-6-15(23)7-5-13/h4-7,9-11H,3,8,12H2,1-2H3/b18-11+. The minimum absolute atomic E-state index is 0.230. The molecule has 0 saturated carbocycles. The van der Waals surface area contributed by atoms with Crippen LogP contribution in [0.2, 0.25) is 0 Å². The molecule has 0 bridgehead atoms. The van der Waals surface area contributed by atoms with Crippen molar-refractivity contribution in [2.45, 2.75) is 20.0 Å². The third kappa shape index (κ3) is 5.35. The molecule has 1 heterocycles. The fourth-order valence-corrected chi connectivity index (χ4v) is 4.57. The first-order valence-corrected chi connectivity index (χ1v) is 11.6. The number of benzene rings is 2. The third-order valence-electron chi connectivity index (χ3n) is 4.17. The van der Waals surface area contributed by atoms with Gasteiger partial charge in [0.1, 0.15) is 6.61 Å². The number of hydrogen-bond acceptors (Lipinski definition) is 5. The number of thioether (sulfide) groups is 1. The number of amides is 2. The summed E-state index contributed by atoms with van der Waals surface area (Å²) in [5, 5.41) is -0.230. The van der Waals surface area contributed by atoms with Gasteiger partial charge in [0, 0.05) is 10.1 Å². The summed E-state index contributed by atoms with van der Waals surface area (Å²) in [6.07, 6.45) is 2.44. The molecule has 2 aromatic carbocycles. The second-order valence-corrected chi connectivity index (χ2v) is 9.38. The molecule has 1 aliphatic heterocycles. The summed E-state index contributed by atoms with van der Waals surface area (Å²) in [5.41, 5.74) is 1.80. The first-order chi connectivity index (χ1) is 13.9. The van der Waals surface area contributed by atoms with E-state index in [0.717, 1.165) is 32.9 Å². The van der Waals surface area contributed by atoms with Crippen LogP contribution in [0.4, 0.5) is 4.79 Å². The van der Waals surface area contributed by atoms with E-state index in [1.165, 1.54) is 4.90 Å². The molecule has 1 saturated heterocycles. The maximum atomic E-state index is 12.4. The SMILES string of the molecule is CCCN1C(=O)S/C(=C/c2cc(Br)c(OCc3ccc(I)cc3)c(OC)c2)C1=O. The van der Waals surface area contributed by atoms with Crippen molar-refractivity contribution in [1.29, 1.82) is 0 Å². The van der Waals surface area contributed by atoms with E-state index in [1.807, 2.05) is 37.3 Å². The van der Waals surface area contributed by atoms with Gasteiger partial charge >= 0.3 is 0 Å². The maximum Gasteiger partial charge on any atom is 0.293 e. The average Bonchev–Trinajstić information content (AvgIpc) is 2.96. The molecule has 2 amide bonds. The van der Waals surface area contributed by atoms with E-state index in [0.29, 0.717) is 34.0 Å². The zero-order valence-corrected chi connectivity index (χ0v) is 20.5. The van der Waals surface area contributed by atoms with Gasteiger partial charge in [-0.3, -0.25) is 14.5 Å². The molecule has 0 aliphatic carbocycles. The molecule has 1 fully saturated rings. The van der Waals surface area contributed by atoms with Crippen LogP contribution < -0.4 is 9.47 Å². The average molecular weight is 588 g/mol. The molecule has 0 spiro atoms. The summed E-state index contributed by atoms with van der Waals surface area (Å²) in [7, 11) is 1.57. The number of ether oxygens (including phenoxy) is 2. The monoisotopic (exact) mass is 587 g/mol. The highest BCUT2D eigenvalue weighted by molar-refractivity contribution is 14.1. The Hall–Kier alpha value is -1.52. The van der Waals surface area contributed by atoms with Crippen LogP contribution in [0, 0.1) is 3.57 Å². The van der Waals surface area contributed by atoms with Crippen molar-refractivity contribution in [2.75, 3.05) is 13.7 Å². The van der Waals surface area contributed by atoms with E-state index in [2.05, 4.69) is 38.5 Å². The van der Waals surface area contributed by atoms with Crippen LogP contribution in [-0.4, -0.2) is 29.7 Å². The molecule has 0 unspecified atom stereocenters. The van der Waals surface area contributed by atoms with Crippen LogP contribution in [0.25, 0.3) is 6.08 Å². The number of methoxy groups -OCH3 is 1.